The van der Waals surface area contributed by atoms with Crippen LogP contribution in [0.2, 0.25) is 0 Å². The number of nitrogens with zero attached hydrogens (tertiary/aromatic N) is 1. The maximum atomic E-state index is 12.0. The van der Waals surface area contributed by atoms with Crippen LogP contribution < -0.4 is 9.64 Å². The lowest BCUT2D eigenvalue weighted by Gasteiger charge is -2.17. The van der Waals surface area contributed by atoms with Crippen molar-refractivity contribution in [2.75, 3.05) is 25.7 Å². The van der Waals surface area contributed by atoms with Gasteiger partial charge in [-0.1, -0.05) is 6.08 Å². The fourth-order valence-corrected chi connectivity index (χ4v) is 2.18. The van der Waals surface area contributed by atoms with Gasteiger partial charge in [0, 0.05) is 6.42 Å². The Bertz CT molecular complexity index is 569. The molecule has 0 aromatic heterocycles. The van der Waals surface area contributed by atoms with Crippen LogP contribution in [0.5, 0.6) is 5.75 Å². The number of rotatable bonds is 5. The minimum absolute atomic E-state index is 0.257. The first-order valence-corrected chi connectivity index (χ1v) is 6.46. The molecule has 0 N–H and O–H groups in total. The molecule has 1 aromatic carbocycles. The molecular formula is C15H17NO5. The monoisotopic (exact) mass is 291 g/mol. The lowest BCUT2D eigenvalue weighted by atomic mass is 10.1. The van der Waals surface area contributed by atoms with Gasteiger partial charge >= 0.3 is 12.1 Å². The number of hydrogen-bond acceptors (Lipinski definition) is 5. The summed E-state index contributed by atoms with van der Waals surface area (Å²) in [6, 6.07) is 4.85. The maximum Gasteiger partial charge on any atom is 0.414 e. The first-order valence-electron chi connectivity index (χ1n) is 6.46. The van der Waals surface area contributed by atoms with Gasteiger partial charge in [-0.2, -0.15) is 0 Å². The van der Waals surface area contributed by atoms with E-state index in [1.165, 1.54) is 25.2 Å². The number of carbonyl (C=O) groups is 2. The molecule has 0 spiro atoms. The summed E-state index contributed by atoms with van der Waals surface area (Å²) >= 11 is 0. The van der Waals surface area contributed by atoms with Crippen molar-refractivity contribution in [2.45, 2.75) is 12.5 Å². The van der Waals surface area contributed by atoms with Gasteiger partial charge in [0.1, 0.15) is 11.9 Å². The van der Waals surface area contributed by atoms with E-state index in [2.05, 4.69) is 6.58 Å². The lowest BCUT2D eigenvalue weighted by Crippen LogP contribution is -2.26. The van der Waals surface area contributed by atoms with Crippen LogP contribution in [0.15, 0.2) is 30.9 Å². The maximum absolute atomic E-state index is 12.0. The minimum atomic E-state index is -0.538. The van der Waals surface area contributed by atoms with Gasteiger partial charge in [-0.25, -0.2) is 9.59 Å². The van der Waals surface area contributed by atoms with Crippen LogP contribution >= 0.6 is 0 Å². The summed E-state index contributed by atoms with van der Waals surface area (Å²) in [5.74, 6) is -0.0294. The molecule has 1 amide bonds. The molecule has 1 atom stereocenters. The predicted octanol–water partition coefficient (Wildman–Crippen LogP) is 2.38. The van der Waals surface area contributed by atoms with Gasteiger partial charge in [0.2, 0.25) is 0 Å². The summed E-state index contributed by atoms with van der Waals surface area (Å²) in [6.07, 6.45) is 1.50. The summed E-state index contributed by atoms with van der Waals surface area (Å²) in [5.41, 5.74) is 0.701. The normalized spacial score (nSPS) is 17.3. The Hall–Kier alpha value is -2.50. The molecule has 0 saturated carbocycles. The van der Waals surface area contributed by atoms with Crippen LogP contribution in [0.4, 0.5) is 10.5 Å². The van der Waals surface area contributed by atoms with Crippen molar-refractivity contribution < 1.29 is 23.8 Å². The lowest BCUT2D eigenvalue weighted by molar-refractivity contribution is 0.0601. The van der Waals surface area contributed by atoms with Gasteiger partial charge in [0.15, 0.2) is 0 Å². The Morgan fingerprint density at radius 2 is 2.29 bits per heavy atom. The highest BCUT2D eigenvalue weighted by atomic mass is 16.6. The van der Waals surface area contributed by atoms with Crippen LogP contribution in [0.25, 0.3) is 0 Å². The number of methoxy groups -OCH3 is 2. The van der Waals surface area contributed by atoms with E-state index in [0.717, 1.165) is 0 Å². The van der Waals surface area contributed by atoms with E-state index in [-0.39, 0.29) is 11.7 Å². The summed E-state index contributed by atoms with van der Waals surface area (Å²) in [7, 11) is 2.79. The zero-order valence-electron chi connectivity index (χ0n) is 12.0. The van der Waals surface area contributed by atoms with Crippen molar-refractivity contribution in [3.05, 3.63) is 36.4 Å². The average molecular weight is 291 g/mol. The SMILES string of the molecule is C=CCC1CN(c2ccc(OC)cc2C(=O)OC)C(=O)O1. The highest BCUT2D eigenvalue weighted by Gasteiger charge is 2.34. The zero-order chi connectivity index (χ0) is 15.4. The smallest absolute Gasteiger partial charge is 0.414 e. The number of cyclic esters (lactones) is 1. The molecule has 21 heavy (non-hydrogen) atoms. The summed E-state index contributed by atoms with van der Waals surface area (Å²) in [6.45, 7) is 3.99. The van der Waals surface area contributed by atoms with Crippen LogP contribution in [-0.2, 0) is 9.47 Å². The summed E-state index contributed by atoms with van der Waals surface area (Å²) < 4.78 is 15.1. The molecule has 1 aliphatic rings. The summed E-state index contributed by atoms with van der Waals surface area (Å²) in [4.78, 5) is 25.3. The molecule has 0 radical (unpaired) electrons. The fourth-order valence-electron chi connectivity index (χ4n) is 2.18. The largest absolute Gasteiger partial charge is 0.497 e. The molecule has 1 fully saturated rings. The molecule has 0 bridgehead atoms. The third kappa shape index (κ3) is 2.99. The Balaban J connectivity index is 2.36. The van der Waals surface area contributed by atoms with E-state index in [4.69, 9.17) is 14.2 Å². The van der Waals surface area contributed by atoms with Gasteiger partial charge in [-0.3, -0.25) is 4.90 Å². The van der Waals surface area contributed by atoms with Crippen molar-refractivity contribution in [3.63, 3.8) is 0 Å². The highest BCUT2D eigenvalue weighted by molar-refractivity contribution is 6.01. The Morgan fingerprint density at radius 3 is 2.90 bits per heavy atom. The van der Waals surface area contributed by atoms with Crippen LogP contribution in [0.3, 0.4) is 0 Å². The van der Waals surface area contributed by atoms with Crippen molar-refractivity contribution in [1.82, 2.24) is 0 Å². The van der Waals surface area contributed by atoms with E-state index >= 15 is 0 Å². The zero-order valence-corrected chi connectivity index (χ0v) is 12.0. The highest BCUT2D eigenvalue weighted by Crippen LogP contribution is 2.30. The Kier molecular flexibility index (Phi) is 4.47. The fraction of sp³-hybridized carbons (Fsp3) is 0.333. The number of anilines is 1. The first-order chi connectivity index (χ1) is 10.1. The van der Waals surface area contributed by atoms with Gasteiger partial charge in [-0.05, 0) is 18.2 Å². The number of hydrogen-bond donors (Lipinski definition) is 0. The average Bonchev–Trinajstić information content (AvgIpc) is 2.86. The summed E-state index contributed by atoms with van der Waals surface area (Å²) in [5, 5.41) is 0. The van der Waals surface area contributed by atoms with E-state index in [9.17, 15) is 9.59 Å². The molecule has 6 nitrogen and oxygen atoms in total. The van der Waals surface area contributed by atoms with E-state index in [1.807, 2.05) is 0 Å². The number of amides is 1. The molecule has 1 saturated heterocycles. The molecular weight excluding hydrogens is 274 g/mol. The number of benzene rings is 1. The predicted molar refractivity (Wildman–Crippen MR) is 76.8 cm³/mol. The molecule has 1 aromatic rings. The topological polar surface area (TPSA) is 65.1 Å². The minimum Gasteiger partial charge on any atom is -0.497 e. The Morgan fingerprint density at radius 1 is 1.52 bits per heavy atom. The van der Waals surface area contributed by atoms with Gasteiger partial charge < -0.3 is 14.2 Å². The first kappa shape index (κ1) is 14.9. The second-order valence-corrected chi connectivity index (χ2v) is 4.52. The molecule has 1 aliphatic heterocycles. The second-order valence-electron chi connectivity index (χ2n) is 4.52. The van der Waals surface area contributed by atoms with Crippen molar-refractivity contribution >= 4 is 17.7 Å². The van der Waals surface area contributed by atoms with Crippen LogP contribution in [0, 0.1) is 0 Å². The number of carbonyl (C=O) groups excluding carboxylic acids is 2. The molecule has 6 heteroatoms. The number of ether oxygens (including phenoxy) is 3. The Labute approximate surface area is 122 Å². The quantitative estimate of drug-likeness (QED) is 0.615. The molecule has 2 rings (SSSR count). The standard InChI is InChI=1S/C15H17NO5/c1-4-5-11-9-16(15(18)21-11)13-7-6-10(19-2)8-12(13)14(17)20-3/h4,6-8,11H,1,5,9H2,2-3H3. The van der Waals surface area contributed by atoms with Gasteiger partial charge in [0.05, 0.1) is 32.0 Å². The molecule has 112 valence electrons. The second kappa shape index (κ2) is 6.30. The van der Waals surface area contributed by atoms with E-state index < -0.39 is 12.1 Å². The van der Waals surface area contributed by atoms with Gasteiger partial charge in [0.25, 0.3) is 0 Å². The van der Waals surface area contributed by atoms with Crippen molar-refractivity contribution in [3.8, 4) is 5.75 Å². The van der Waals surface area contributed by atoms with Crippen LogP contribution in [-0.4, -0.2) is 38.9 Å². The third-order valence-corrected chi connectivity index (χ3v) is 3.20. The van der Waals surface area contributed by atoms with Gasteiger partial charge in [-0.15, -0.1) is 6.58 Å². The third-order valence-electron chi connectivity index (χ3n) is 3.20. The van der Waals surface area contributed by atoms with Crippen molar-refractivity contribution in [1.29, 1.82) is 0 Å². The number of esters is 1. The van der Waals surface area contributed by atoms with Crippen LogP contribution in [0.1, 0.15) is 16.8 Å². The molecule has 0 aliphatic carbocycles. The van der Waals surface area contributed by atoms with E-state index in [0.29, 0.717) is 24.4 Å². The van der Waals surface area contributed by atoms with E-state index in [1.54, 1.807) is 18.2 Å². The molecule has 1 unspecified atom stereocenters. The molecule has 1 heterocycles. The van der Waals surface area contributed by atoms with Crippen molar-refractivity contribution in [2.24, 2.45) is 0 Å².